The first kappa shape index (κ1) is 17.0. The molecule has 5 nitrogen and oxygen atoms in total. The highest BCUT2D eigenvalue weighted by atomic mass is 32.2. The lowest BCUT2D eigenvalue weighted by atomic mass is 10.2. The number of anilines is 1. The number of rotatable bonds is 4. The molecule has 2 aromatic carbocycles. The third-order valence-electron chi connectivity index (χ3n) is 3.17. The summed E-state index contributed by atoms with van der Waals surface area (Å²) in [5.41, 5.74) is -2.98. The number of hydrogen-bond donors (Lipinski definition) is 1. The van der Waals surface area contributed by atoms with Crippen LogP contribution in [0.5, 0.6) is 0 Å². The number of aromatic nitrogens is 3. The fourth-order valence-corrected chi connectivity index (χ4v) is 2.65. The molecule has 0 saturated heterocycles. The maximum absolute atomic E-state index is 12.3. The number of nitrogens with one attached hydrogen (secondary N) is 1. The number of thioether (sulfide) groups is 1. The minimum absolute atomic E-state index is 0.0204. The third-order valence-corrected chi connectivity index (χ3v) is 3.91. The smallest absolute Gasteiger partial charge is 0.320 e. The Morgan fingerprint density at radius 1 is 1.08 bits per heavy atom. The van der Waals surface area contributed by atoms with E-state index in [1.165, 1.54) is 41.6 Å². The molecule has 128 valence electrons. The number of amides is 1. The van der Waals surface area contributed by atoms with Crippen LogP contribution in [0.1, 0.15) is 10.4 Å². The van der Waals surface area contributed by atoms with E-state index >= 15 is 0 Å². The topological polar surface area (TPSA) is 59.8 Å². The molecule has 3 rings (SSSR count). The lowest BCUT2D eigenvalue weighted by Gasteiger charge is -2.11. The van der Waals surface area contributed by atoms with E-state index in [0.29, 0.717) is 11.4 Å². The molecule has 3 aromatic rings. The molecular formula is C16H11F3N4OS. The Morgan fingerprint density at radius 3 is 2.44 bits per heavy atom. The highest BCUT2D eigenvalue weighted by molar-refractivity contribution is 8.00. The van der Waals surface area contributed by atoms with Gasteiger partial charge in [-0.3, -0.25) is 4.79 Å². The zero-order valence-corrected chi connectivity index (χ0v) is 13.4. The second-order valence-corrected chi connectivity index (χ2v) is 6.02. The molecule has 0 radical (unpaired) electrons. The second-order valence-electron chi connectivity index (χ2n) is 4.88. The Labute approximate surface area is 144 Å². The number of nitrogens with zero attached hydrogens (tertiary/aromatic N) is 3. The molecule has 0 bridgehead atoms. The van der Waals surface area contributed by atoms with E-state index in [4.69, 9.17) is 0 Å². The van der Waals surface area contributed by atoms with E-state index in [-0.39, 0.29) is 22.2 Å². The fraction of sp³-hybridized carbons (Fsp3) is 0.0625. The van der Waals surface area contributed by atoms with Gasteiger partial charge < -0.3 is 5.32 Å². The Balaban J connectivity index is 1.77. The summed E-state index contributed by atoms with van der Waals surface area (Å²) in [5, 5.41) is 6.74. The summed E-state index contributed by atoms with van der Waals surface area (Å²) < 4.78 is 38.5. The van der Waals surface area contributed by atoms with Gasteiger partial charge in [0.05, 0.1) is 11.4 Å². The molecule has 0 saturated carbocycles. The van der Waals surface area contributed by atoms with Crippen LogP contribution in [0.15, 0.2) is 66.1 Å². The summed E-state index contributed by atoms with van der Waals surface area (Å²) in [6, 6.07) is 12.2. The van der Waals surface area contributed by atoms with Crippen LogP contribution < -0.4 is 5.32 Å². The van der Waals surface area contributed by atoms with E-state index in [1.807, 2.05) is 0 Å². The first-order valence-electron chi connectivity index (χ1n) is 7.03. The van der Waals surface area contributed by atoms with Crippen LogP contribution in [0.2, 0.25) is 0 Å². The first-order valence-corrected chi connectivity index (χ1v) is 7.85. The summed E-state index contributed by atoms with van der Waals surface area (Å²) in [7, 11) is 0. The van der Waals surface area contributed by atoms with Crippen molar-refractivity contribution in [3.05, 3.63) is 66.7 Å². The van der Waals surface area contributed by atoms with Crippen LogP contribution in [0.4, 0.5) is 18.9 Å². The van der Waals surface area contributed by atoms with Gasteiger partial charge in [0, 0.05) is 10.5 Å². The maximum Gasteiger partial charge on any atom is 0.446 e. The van der Waals surface area contributed by atoms with Crippen molar-refractivity contribution >= 4 is 23.4 Å². The van der Waals surface area contributed by atoms with E-state index in [9.17, 15) is 18.0 Å². The van der Waals surface area contributed by atoms with Gasteiger partial charge >= 0.3 is 5.51 Å². The lowest BCUT2D eigenvalue weighted by Crippen LogP contribution is -2.14. The highest BCUT2D eigenvalue weighted by Crippen LogP contribution is 2.36. The number of halogens is 3. The average Bonchev–Trinajstić information content (AvgIpc) is 3.09. The molecule has 0 spiro atoms. The van der Waals surface area contributed by atoms with Crippen molar-refractivity contribution in [3.63, 3.8) is 0 Å². The monoisotopic (exact) mass is 364 g/mol. The molecule has 25 heavy (non-hydrogen) atoms. The molecule has 1 heterocycles. The highest BCUT2D eigenvalue weighted by Gasteiger charge is 2.29. The number of carbonyl (C=O) groups is 1. The SMILES string of the molecule is O=C(Nc1ccccc1-n1cncn1)c1ccc(SC(F)(F)F)cc1. The minimum Gasteiger partial charge on any atom is -0.320 e. The van der Waals surface area contributed by atoms with Gasteiger partial charge in [-0.1, -0.05) is 12.1 Å². The van der Waals surface area contributed by atoms with Gasteiger partial charge in [0.15, 0.2) is 0 Å². The number of benzene rings is 2. The Morgan fingerprint density at radius 2 is 1.80 bits per heavy atom. The molecule has 1 N–H and O–H groups in total. The van der Waals surface area contributed by atoms with Gasteiger partial charge in [-0.05, 0) is 48.2 Å². The average molecular weight is 364 g/mol. The van der Waals surface area contributed by atoms with Crippen molar-refractivity contribution in [2.45, 2.75) is 10.4 Å². The molecule has 0 aliphatic heterocycles. The van der Waals surface area contributed by atoms with E-state index in [2.05, 4.69) is 15.4 Å². The van der Waals surface area contributed by atoms with Crippen molar-refractivity contribution in [1.82, 2.24) is 14.8 Å². The number of hydrogen-bond acceptors (Lipinski definition) is 4. The Kier molecular flexibility index (Phi) is 4.75. The van der Waals surface area contributed by atoms with Gasteiger partial charge in [0.1, 0.15) is 12.7 Å². The summed E-state index contributed by atoms with van der Waals surface area (Å²) in [6.45, 7) is 0. The standard InChI is InChI=1S/C16H11F3N4OS/c17-16(18,19)25-12-7-5-11(6-8-12)15(24)22-13-3-1-2-4-14(13)23-10-20-9-21-23/h1-10H,(H,22,24). The summed E-state index contributed by atoms with van der Waals surface area (Å²) in [5.74, 6) is -0.434. The second kappa shape index (κ2) is 6.98. The Hall–Kier alpha value is -2.81. The number of carbonyl (C=O) groups excluding carboxylic acids is 1. The van der Waals surface area contributed by atoms with Gasteiger partial charge in [0.2, 0.25) is 0 Å². The number of alkyl halides is 3. The Bertz CT molecular complexity index is 864. The molecular weight excluding hydrogens is 353 g/mol. The molecule has 0 fully saturated rings. The predicted molar refractivity (Wildman–Crippen MR) is 87.7 cm³/mol. The predicted octanol–water partition coefficient (Wildman–Crippen LogP) is 4.13. The van der Waals surface area contributed by atoms with Gasteiger partial charge in [-0.15, -0.1) is 0 Å². The largest absolute Gasteiger partial charge is 0.446 e. The summed E-state index contributed by atoms with van der Waals surface area (Å²) in [6.07, 6.45) is 2.86. The van der Waals surface area contributed by atoms with Crippen LogP contribution >= 0.6 is 11.8 Å². The van der Waals surface area contributed by atoms with Crippen LogP contribution in [0.25, 0.3) is 5.69 Å². The van der Waals surface area contributed by atoms with Crippen molar-refractivity contribution in [1.29, 1.82) is 0 Å². The summed E-state index contributed by atoms with van der Waals surface area (Å²) >= 11 is -0.224. The van der Waals surface area contributed by atoms with Gasteiger partial charge in [-0.25, -0.2) is 9.67 Å². The molecule has 1 aromatic heterocycles. The molecule has 1 amide bonds. The summed E-state index contributed by atoms with van der Waals surface area (Å²) in [4.78, 5) is 16.2. The van der Waals surface area contributed by atoms with Crippen molar-refractivity contribution in [2.75, 3.05) is 5.32 Å². The quantitative estimate of drug-likeness (QED) is 0.707. The van der Waals surface area contributed by atoms with Gasteiger partial charge in [0.25, 0.3) is 5.91 Å². The van der Waals surface area contributed by atoms with Crippen LogP contribution in [-0.2, 0) is 0 Å². The lowest BCUT2D eigenvalue weighted by molar-refractivity contribution is -0.0328. The van der Waals surface area contributed by atoms with Crippen LogP contribution in [0, 0.1) is 0 Å². The van der Waals surface area contributed by atoms with Crippen molar-refractivity contribution < 1.29 is 18.0 Å². The fourth-order valence-electron chi connectivity index (χ4n) is 2.11. The van der Waals surface area contributed by atoms with E-state index in [0.717, 1.165) is 0 Å². The third kappa shape index (κ3) is 4.38. The zero-order chi connectivity index (χ0) is 17.9. The molecule has 0 aliphatic carbocycles. The minimum atomic E-state index is -4.36. The first-order chi connectivity index (χ1) is 11.9. The van der Waals surface area contributed by atoms with Crippen molar-refractivity contribution in [2.24, 2.45) is 0 Å². The molecule has 9 heteroatoms. The van der Waals surface area contributed by atoms with Crippen molar-refractivity contribution in [3.8, 4) is 5.69 Å². The molecule has 0 aliphatic rings. The number of para-hydroxylation sites is 2. The van der Waals surface area contributed by atoms with E-state index in [1.54, 1.807) is 24.3 Å². The van der Waals surface area contributed by atoms with Crippen LogP contribution in [0.3, 0.4) is 0 Å². The zero-order valence-electron chi connectivity index (χ0n) is 12.6. The molecule has 0 atom stereocenters. The van der Waals surface area contributed by atoms with E-state index < -0.39 is 11.4 Å². The normalized spacial score (nSPS) is 11.3. The molecule has 0 unspecified atom stereocenters. The maximum atomic E-state index is 12.3. The van der Waals surface area contributed by atoms with Crippen LogP contribution in [-0.4, -0.2) is 26.2 Å². The van der Waals surface area contributed by atoms with Gasteiger partial charge in [-0.2, -0.15) is 18.3 Å².